The van der Waals surface area contributed by atoms with Gasteiger partial charge in [0.1, 0.15) is 0 Å². The molecule has 1 N–H and O–H groups in total. The summed E-state index contributed by atoms with van der Waals surface area (Å²) in [6.07, 6.45) is 5.56. The molecule has 0 spiro atoms. The molecule has 3 nitrogen and oxygen atoms in total. The summed E-state index contributed by atoms with van der Waals surface area (Å²) in [5, 5.41) is 13.2. The lowest BCUT2D eigenvalue weighted by Gasteiger charge is -2.39. The third-order valence-corrected chi connectivity index (χ3v) is 5.74. The molecule has 1 aromatic carbocycles. The zero-order chi connectivity index (χ0) is 15.6. The van der Waals surface area contributed by atoms with Gasteiger partial charge in [0.25, 0.3) is 0 Å². The molecule has 1 unspecified atom stereocenters. The Morgan fingerprint density at radius 2 is 2.05 bits per heavy atom. The summed E-state index contributed by atoms with van der Waals surface area (Å²) in [4.78, 5) is 2.64. The van der Waals surface area contributed by atoms with E-state index in [2.05, 4.69) is 54.5 Å². The van der Waals surface area contributed by atoms with Gasteiger partial charge in [-0.15, -0.1) is 0 Å². The van der Waals surface area contributed by atoms with Crippen LogP contribution in [-0.4, -0.2) is 37.1 Å². The molecule has 1 atom stereocenters. The highest BCUT2D eigenvalue weighted by atomic mass is 15.2. The van der Waals surface area contributed by atoms with Crippen LogP contribution in [0.3, 0.4) is 0 Å². The Labute approximate surface area is 134 Å². The molecule has 1 aliphatic heterocycles. The summed E-state index contributed by atoms with van der Waals surface area (Å²) in [5.41, 5.74) is 2.22. The standard InChI is InChI=1S/C19H27N3/c1-15-4-3-5-16(12-15)19(14-20)9-6-18(7-10-19)22-11-8-17(13-22)21-2/h3-5,12,17-18,21H,6-11,13H2,1-2H3. The van der Waals surface area contributed by atoms with Crippen molar-refractivity contribution < 1.29 is 0 Å². The molecule has 118 valence electrons. The Hall–Kier alpha value is -1.37. The molecule has 0 amide bonds. The van der Waals surface area contributed by atoms with Crippen molar-refractivity contribution in [1.82, 2.24) is 10.2 Å². The number of benzene rings is 1. The van der Waals surface area contributed by atoms with E-state index in [1.165, 1.54) is 30.6 Å². The topological polar surface area (TPSA) is 39.1 Å². The highest BCUT2D eigenvalue weighted by Crippen LogP contribution is 2.41. The van der Waals surface area contributed by atoms with Crippen molar-refractivity contribution in [3.8, 4) is 6.07 Å². The molecular formula is C19H27N3. The third kappa shape index (κ3) is 2.91. The van der Waals surface area contributed by atoms with Crippen LogP contribution in [0.5, 0.6) is 0 Å². The van der Waals surface area contributed by atoms with Gasteiger partial charge in [-0.25, -0.2) is 0 Å². The van der Waals surface area contributed by atoms with Crippen LogP contribution in [-0.2, 0) is 5.41 Å². The number of hydrogen-bond acceptors (Lipinski definition) is 3. The summed E-state index contributed by atoms with van der Waals surface area (Å²) < 4.78 is 0. The van der Waals surface area contributed by atoms with Gasteiger partial charge in [-0.2, -0.15) is 5.26 Å². The van der Waals surface area contributed by atoms with Gasteiger partial charge < -0.3 is 5.32 Å². The van der Waals surface area contributed by atoms with E-state index in [0.29, 0.717) is 12.1 Å². The Balaban J connectivity index is 1.68. The van der Waals surface area contributed by atoms with Gasteiger partial charge >= 0.3 is 0 Å². The van der Waals surface area contributed by atoms with Crippen molar-refractivity contribution in [2.75, 3.05) is 20.1 Å². The van der Waals surface area contributed by atoms with E-state index in [0.717, 1.165) is 25.7 Å². The molecule has 1 aromatic rings. The first-order valence-corrected chi connectivity index (χ1v) is 8.56. The predicted molar refractivity (Wildman–Crippen MR) is 89.8 cm³/mol. The van der Waals surface area contributed by atoms with Crippen LogP contribution in [0.4, 0.5) is 0 Å². The Morgan fingerprint density at radius 3 is 2.64 bits per heavy atom. The highest BCUT2D eigenvalue weighted by molar-refractivity contribution is 5.35. The number of likely N-dealkylation sites (tertiary alicyclic amines) is 1. The van der Waals surface area contributed by atoms with Crippen LogP contribution in [0, 0.1) is 18.3 Å². The third-order valence-electron chi connectivity index (χ3n) is 5.74. The van der Waals surface area contributed by atoms with Gasteiger partial charge in [-0.1, -0.05) is 29.8 Å². The van der Waals surface area contributed by atoms with E-state index in [1.807, 2.05) is 0 Å². The van der Waals surface area contributed by atoms with Crippen molar-refractivity contribution in [2.24, 2.45) is 0 Å². The fourth-order valence-corrected chi connectivity index (χ4v) is 4.22. The van der Waals surface area contributed by atoms with Crippen LogP contribution in [0.1, 0.15) is 43.2 Å². The summed E-state index contributed by atoms with van der Waals surface area (Å²) in [5.74, 6) is 0. The van der Waals surface area contributed by atoms with E-state index < -0.39 is 0 Å². The summed E-state index contributed by atoms with van der Waals surface area (Å²) >= 11 is 0. The van der Waals surface area contributed by atoms with Gasteiger partial charge in [0.15, 0.2) is 0 Å². The number of nitriles is 1. The zero-order valence-corrected chi connectivity index (χ0v) is 13.8. The van der Waals surface area contributed by atoms with Gasteiger partial charge in [0, 0.05) is 25.2 Å². The lowest BCUT2D eigenvalue weighted by molar-refractivity contribution is 0.163. The molecule has 2 aliphatic rings. The van der Waals surface area contributed by atoms with Crippen LogP contribution in [0.15, 0.2) is 24.3 Å². The number of aryl methyl sites for hydroxylation is 1. The molecule has 0 radical (unpaired) electrons. The lowest BCUT2D eigenvalue weighted by atomic mass is 9.69. The maximum absolute atomic E-state index is 9.84. The largest absolute Gasteiger partial charge is 0.316 e. The van der Waals surface area contributed by atoms with Crippen molar-refractivity contribution in [3.63, 3.8) is 0 Å². The second-order valence-corrected chi connectivity index (χ2v) is 7.06. The quantitative estimate of drug-likeness (QED) is 0.932. The summed E-state index contributed by atoms with van der Waals surface area (Å²) in [6, 6.07) is 12.5. The molecule has 3 heteroatoms. The average Bonchev–Trinajstić information content (AvgIpc) is 3.04. The number of rotatable bonds is 3. The molecule has 22 heavy (non-hydrogen) atoms. The minimum atomic E-state index is -0.259. The first kappa shape index (κ1) is 15.5. The van der Waals surface area contributed by atoms with Gasteiger partial charge in [0.05, 0.1) is 11.5 Å². The normalized spacial score (nSPS) is 32.8. The molecule has 1 heterocycles. The van der Waals surface area contributed by atoms with E-state index in [-0.39, 0.29) is 5.41 Å². The van der Waals surface area contributed by atoms with E-state index in [4.69, 9.17) is 0 Å². The lowest BCUT2D eigenvalue weighted by Crippen LogP contribution is -2.42. The molecule has 0 bridgehead atoms. The number of likely N-dealkylation sites (N-methyl/N-ethyl adjacent to an activating group) is 1. The molecule has 0 aromatic heterocycles. The molecular weight excluding hydrogens is 270 g/mol. The monoisotopic (exact) mass is 297 g/mol. The van der Waals surface area contributed by atoms with E-state index in [1.54, 1.807) is 0 Å². The van der Waals surface area contributed by atoms with Crippen LogP contribution in [0.25, 0.3) is 0 Å². The fraction of sp³-hybridized carbons (Fsp3) is 0.632. The average molecular weight is 297 g/mol. The van der Waals surface area contributed by atoms with Crippen LogP contribution < -0.4 is 5.32 Å². The Morgan fingerprint density at radius 1 is 1.27 bits per heavy atom. The fourth-order valence-electron chi connectivity index (χ4n) is 4.22. The van der Waals surface area contributed by atoms with Crippen LogP contribution >= 0.6 is 0 Å². The SMILES string of the molecule is CNC1CCN(C2CCC(C#N)(c3cccc(C)c3)CC2)C1. The second kappa shape index (κ2) is 6.40. The summed E-state index contributed by atoms with van der Waals surface area (Å²) in [7, 11) is 2.06. The maximum Gasteiger partial charge on any atom is 0.0823 e. The maximum atomic E-state index is 9.84. The Bertz CT molecular complexity index is 552. The van der Waals surface area contributed by atoms with E-state index in [9.17, 15) is 5.26 Å². The number of nitrogens with one attached hydrogen (secondary N) is 1. The highest BCUT2D eigenvalue weighted by Gasteiger charge is 2.39. The van der Waals surface area contributed by atoms with Crippen LogP contribution in [0.2, 0.25) is 0 Å². The molecule has 1 saturated carbocycles. The molecule has 1 saturated heterocycles. The predicted octanol–water partition coefficient (Wildman–Crippen LogP) is 2.99. The number of hydrogen-bond donors (Lipinski definition) is 1. The first-order valence-electron chi connectivity index (χ1n) is 8.56. The van der Waals surface area contributed by atoms with Gasteiger partial charge in [0.2, 0.25) is 0 Å². The minimum absolute atomic E-state index is 0.259. The van der Waals surface area contributed by atoms with Gasteiger partial charge in [-0.05, 0) is 51.6 Å². The Kier molecular flexibility index (Phi) is 4.52. The number of nitrogens with zero attached hydrogens (tertiary/aromatic N) is 2. The second-order valence-electron chi connectivity index (χ2n) is 7.06. The first-order chi connectivity index (χ1) is 10.7. The zero-order valence-electron chi connectivity index (χ0n) is 13.8. The minimum Gasteiger partial charge on any atom is -0.316 e. The molecule has 2 fully saturated rings. The van der Waals surface area contributed by atoms with Crippen molar-refractivity contribution >= 4 is 0 Å². The summed E-state index contributed by atoms with van der Waals surface area (Å²) in [6.45, 7) is 4.49. The van der Waals surface area contributed by atoms with Gasteiger partial charge in [-0.3, -0.25) is 4.90 Å². The molecule has 1 aliphatic carbocycles. The smallest absolute Gasteiger partial charge is 0.0823 e. The van der Waals surface area contributed by atoms with Crippen molar-refractivity contribution in [1.29, 1.82) is 5.26 Å². The molecule has 3 rings (SSSR count). The van der Waals surface area contributed by atoms with Crippen molar-refractivity contribution in [2.45, 2.75) is 56.5 Å². The van der Waals surface area contributed by atoms with Crippen molar-refractivity contribution in [3.05, 3.63) is 35.4 Å². The van der Waals surface area contributed by atoms with E-state index >= 15 is 0 Å².